The molecule has 0 unspecified atom stereocenters. The lowest BCUT2D eigenvalue weighted by Gasteiger charge is -2.26. The molecule has 4 heteroatoms. The SMILES string of the molecule is C[C@@](CO)(N=[N+]=[N-])[C]1[CH][CH][CH][CH]1. The molecule has 12 heavy (non-hydrogen) atoms. The molecule has 1 atom stereocenters. The van der Waals surface area contributed by atoms with Gasteiger partial charge in [0, 0.05) is 4.91 Å². The van der Waals surface area contributed by atoms with Gasteiger partial charge in [0.05, 0.1) is 12.1 Å². The summed E-state index contributed by atoms with van der Waals surface area (Å²) in [7, 11) is 0. The number of rotatable bonds is 3. The van der Waals surface area contributed by atoms with Crippen LogP contribution in [0, 0.1) is 31.6 Å². The van der Waals surface area contributed by atoms with E-state index >= 15 is 0 Å². The number of hydrogen-bond acceptors (Lipinski definition) is 2. The first-order chi connectivity index (χ1) is 5.73. The summed E-state index contributed by atoms with van der Waals surface area (Å²) < 4.78 is 0. The zero-order chi connectivity index (χ0) is 9.03. The van der Waals surface area contributed by atoms with Gasteiger partial charge in [-0.25, -0.2) is 0 Å². The smallest absolute Gasteiger partial charge is 0.0757 e. The summed E-state index contributed by atoms with van der Waals surface area (Å²) in [6, 6.07) is 0. The van der Waals surface area contributed by atoms with Crippen LogP contribution in [-0.2, 0) is 0 Å². The van der Waals surface area contributed by atoms with Crippen LogP contribution in [0.5, 0.6) is 0 Å². The van der Waals surface area contributed by atoms with E-state index < -0.39 is 5.54 Å². The molecule has 0 aromatic heterocycles. The first-order valence-corrected chi connectivity index (χ1v) is 3.62. The van der Waals surface area contributed by atoms with Crippen molar-refractivity contribution in [3.05, 3.63) is 42.0 Å². The fourth-order valence-electron chi connectivity index (χ4n) is 1.01. The second-order valence-electron chi connectivity index (χ2n) is 2.79. The fourth-order valence-corrected chi connectivity index (χ4v) is 1.01. The van der Waals surface area contributed by atoms with Crippen molar-refractivity contribution in [3.63, 3.8) is 0 Å². The number of hydrogen-bond donors (Lipinski definition) is 1. The van der Waals surface area contributed by atoms with E-state index in [1.807, 2.05) is 25.7 Å². The molecule has 0 saturated heterocycles. The Morgan fingerprint density at radius 2 is 2.17 bits per heavy atom. The molecule has 0 amide bonds. The normalized spacial score (nSPS) is 23.2. The van der Waals surface area contributed by atoms with Crippen LogP contribution < -0.4 is 0 Å². The Balaban J connectivity index is 2.70. The topological polar surface area (TPSA) is 69.0 Å². The van der Waals surface area contributed by atoms with Gasteiger partial charge in [-0.2, -0.15) is 0 Å². The summed E-state index contributed by atoms with van der Waals surface area (Å²) in [6.07, 6.45) is 7.34. The van der Waals surface area contributed by atoms with Crippen molar-refractivity contribution in [3.8, 4) is 0 Å². The van der Waals surface area contributed by atoms with E-state index in [1.165, 1.54) is 0 Å². The predicted octanol–water partition coefficient (Wildman–Crippen LogP) is 1.45. The molecule has 1 rings (SSSR count). The Bertz CT molecular complexity index is 194. The summed E-state index contributed by atoms with van der Waals surface area (Å²) in [5.74, 6) is 0.836. The summed E-state index contributed by atoms with van der Waals surface area (Å²) >= 11 is 0. The maximum atomic E-state index is 9.02. The molecule has 0 spiro atoms. The van der Waals surface area contributed by atoms with Crippen LogP contribution in [0.2, 0.25) is 0 Å². The van der Waals surface area contributed by atoms with Crippen molar-refractivity contribution < 1.29 is 5.11 Å². The largest absolute Gasteiger partial charge is 0.396 e. The maximum Gasteiger partial charge on any atom is 0.0757 e. The Labute approximate surface area is 72.2 Å². The van der Waals surface area contributed by atoms with Crippen LogP contribution in [0.3, 0.4) is 0 Å². The van der Waals surface area contributed by atoms with Gasteiger partial charge >= 0.3 is 0 Å². The van der Waals surface area contributed by atoms with E-state index in [4.69, 9.17) is 10.6 Å². The van der Waals surface area contributed by atoms with Gasteiger partial charge in [-0.05, 0) is 37.1 Å². The van der Waals surface area contributed by atoms with Crippen molar-refractivity contribution in [2.24, 2.45) is 5.11 Å². The minimum Gasteiger partial charge on any atom is -0.396 e. The lowest BCUT2D eigenvalue weighted by molar-refractivity contribution is 0.222. The zero-order valence-electron chi connectivity index (χ0n) is 6.81. The third kappa shape index (κ3) is 1.71. The minimum atomic E-state index is -0.821. The highest BCUT2D eigenvalue weighted by Gasteiger charge is 2.35. The Morgan fingerprint density at radius 1 is 1.58 bits per heavy atom. The van der Waals surface area contributed by atoms with Gasteiger partial charge in [-0.15, -0.1) is 0 Å². The van der Waals surface area contributed by atoms with Crippen molar-refractivity contribution in [2.45, 2.75) is 12.5 Å². The second kappa shape index (κ2) is 3.78. The van der Waals surface area contributed by atoms with E-state index in [0.717, 1.165) is 5.92 Å². The van der Waals surface area contributed by atoms with Gasteiger partial charge in [0.1, 0.15) is 0 Å². The fraction of sp³-hybridized carbons (Fsp3) is 0.375. The highest BCUT2D eigenvalue weighted by atomic mass is 16.3. The number of aliphatic hydroxyl groups excluding tert-OH is 1. The molecular formula is C8H10N3O. The number of aliphatic hydroxyl groups is 1. The molecule has 0 aliphatic heterocycles. The first kappa shape index (κ1) is 9.36. The Morgan fingerprint density at radius 3 is 2.58 bits per heavy atom. The van der Waals surface area contributed by atoms with E-state index in [-0.39, 0.29) is 6.61 Å². The van der Waals surface area contributed by atoms with Crippen LogP contribution in [-0.4, -0.2) is 17.3 Å². The van der Waals surface area contributed by atoms with Crippen LogP contribution in [0.1, 0.15) is 6.92 Å². The van der Waals surface area contributed by atoms with E-state index in [9.17, 15) is 0 Å². The van der Waals surface area contributed by atoms with Gasteiger partial charge in [-0.1, -0.05) is 12.0 Å². The average Bonchev–Trinajstić information content (AvgIpc) is 2.57. The third-order valence-electron chi connectivity index (χ3n) is 1.86. The lowest BCUT2D eigenvalue weighted by Crippen LogP contribution is -2.33. The second-order valence-corrected chi connectivity index (χ2v) is 2.79. The van der Waals surface area contributed by atoms with Gasteiger partial charge < -0.3 is 5.11 Å². The molecule has 1 aliphatic rings. The van der Waals surface area contributed by atoms with Gasteiger partial charge in [-0.3, -0.25) is 0 Å². The lowest BCUT2D eigenvalue weighted by atomic mass is 9.86. The van der Waals surface area contributed by atoms with Crippen molar-refractivity contribution in [1.82, 2.24) is 0 Å². The predicted molar refractivity (Wildman–Crippen MR) is 45.1 cm³/mol. The number of azide groups is 1. The summed E-state index contributed by atoms with van der Waals surface area (Å²) in [5.41, 5.74) is 7.46. The van der Waals surface area contributed by atoms with E-state index in [2.05, 4.69) is 10.0 Å². The molecule has 4 nitrogen and oxygen atoms in total. The first-order valence-electron chi connectivity index (χ1n) is 3.62. The van der Waals surface area contributed by atoms with Gasteiger partial charge in [0.25, 0.3) is 0 Å². The summed E-state index contributed by atoms with van der Waals surface area (Å²) in [6.45, 7) is 1.52. The highest BCUT2D eigenvalue weighted by Crippen LogP contribution is 2.35. The molecule has 0 aromatic carbocycles. The Hall–Kier alpha value is -0.730. The van der Waals surface area contributed by atoms with Crippen molar-refractivity contribution in [2.75, 3.05) is 6.61 Å². The van der Waals surface area contributed by atoms with Gasteiger partial charge in [0.15, 0.2) is 0 Å². The minimum absolute atomic E-state index is 0.179. The van der Waals surface area contributed by atoms with E-state index in [1.54, 1.807) is 6.92 Å². The average molecular weight is 164 g/mol. The zero-order valence-corrected chi connectivity index (χ0v) is 6.81. The van der Waals surface area contributed by atoms with Gasteiger partial charge in [0.2, 0.25) is 0 Å². The standard InChI is InChI=1S/C8H10N3O/c1-8(6-12,10-11-9)7-4-2-3-5-7/h2-5,12H,6H2,1H3/t8-/m0/s1. The third-order valence-corrected chi connectivity index (χ3v) is 1.86. The van der Waals surface area contributed by atoms with E-state index in [0.29, 0.717) is 0 Å². The molecule has 1 saturated carbocycles. The molecule has 0 heterocycles. The quantitative estimate of drug-likeness (QED) is 0.383. The monoisotopic (exact) mass is 164 g/mol. The molecule has 63 valence electrons. The van der Waals surface area contributed by atoms with Crippen LogP contribution >= 0.6 is 0 Å². The highest BCUT2D eigenvalue weighted by molar-refractivity contribution is 5.42. The molecule has 0 aromatic rings. The number of nitrogens with zero attached hydrogens (tertiary/aromatic N) is 3. The molecule has 1 aliphatic carbocycles. The summed E-state index contributed by atoms with van der Waals surface area (Å²) in [5, 5.41) is 12.6. The molecule has 0 bridgehead atoms. The van der Waals surface area contributed by atoms with Crippen molar-refractivity contribution >= 4 is 0 Å². The molecule has 5 radical (unpaired) electrons. The molecule has 1 N–H and O–H groups in total. The molecular weight excluding hydrogens is 154 g/mol. The molecule has 1 fully saturated rings. The van der Waals surface area contributed by atoms with Crippen LogP contribution in [0.25, 0.3) is 10.4 Å². The maximum absolute atomic E-state index is 9.02. The van der Waals surface area contributed by atoms with Crippen molar-refractivity contribution in [1.29, 1.82) is 0 Å². The Kier molecular flexibility index (Phi) is 2.95. The van der Waals surface area contributed by atoms with Crippen LogP contribution in [0.4, 0.5) is 0 Å². The van der Waals surface area contributed by atoms with Crippen LogP contribution in [0.15, 0.2) is 5.11 Å². The summed E-state index contributed by atoms with van der Waals surface area (Å²) in [4.78, 5) is 2.70.